The van der Waals surface area contributed by atoms with Crippen molar-refractivity contribution in [1.82, 2.24) is 0 Å². The zero-order valence-corrected chi connectivity index (χ0v) is 18.7. The Morgan fingerprint density at radius 2 is 1.73 bits per heavy atom. The average Bonchev–Trinajstić information content (AvgIpc) is 3.13. The van der Waals surface area contributed by atoms with Crippen molar-refractivity contribution in [3.63, 3.8) is 0 Å². The summed E-state index contributed by atoms with van der Waals surface area (Å²) in [5.41, 5.74) is 1.63. The van der Waals surface area contributed by atoms with Gasteiger partial charge in [-0.05, 0) is 60.5 Å². The van der Waals surface area contributed by atoms with Crippen molar-refractivity contribution in [3.05, 3.63) is 106 Å². The molecule has 1 heterocycles. The molecule has 1 saturated heterocycles. The molecule has 0 radical (unpaired) electrons. The van der Waals surface area contributed by atoms with E-state index in [1.165, 1.54) is 17.0 Å². The maximum atomic E-state index is 13.4. The summed E-state index contributed by atoms with van der Waals surface area (Å²) >= 11 is 7.05. The maximum Gasteiger partial charge on any atom is 0.269 e. The lowest BCUT2D eigenvalue weighted by Crippen LogP contribution is -2.30. The van der Waals surface area contributed by atoms with E-state index in [4.69, 9.17) is 11.6 Å². The summed E-state index contributed by atoms with van der Waals surface area (Å²) in [5.74, 6) is -1.24. The molecule has 164 valence electrons. The van der Waals surface area contributed by atoms with Gasteiger partial charge in [0.05, 0.1) is 5.25 Å². The summed E-state index contributed by atoms with van der Waals surface area (Å²) < 4.78 is 13.3. The highest BCUT2D eigenvalue weighted by atomic mass is 35.5. The second-order valence-corrected chi connectivity index (χ2v) is 8.83. The molecule has 3 aromatic rings. The average molecular weight is 478 g/mol. The summed E-state index contributed by atoms with van der Waals surface area (Å²) in [4.78, 5) is 27.8. The van der Waals surface area contributed by atoms with E-state index in [-0.39, 0.29) is 22.3 Å². The van der Waals surface area contributed by atoms with E-state index >= 15 is 0 Å². The number of rotatable bonds is 5. The van der Waals surface area contributed by atoms with Gasteiger partial charge < -0.3 is 5.32 Å². The molecule has 2 amide bonds. The molecule has 5 nitrogen and oxygen atoms in total. The highest BCUT2D eigenvalue weighted by molar-refractivity contribution is 8.05. The van der Waals surface area contributed by atoms with Gasteiger partial charge in [0, 0.05) is 16.4 Å². The highest BCUT2D eigenvalue weighted by Crippen LogP contribution is 2.42. The molecule has 0 bridgehead atoms. The molecule has 3 aromatic carbocycles. The van der Waals surface area contributed by atoms with E-state index in [2.05, 4.69) is 5.32 Å². The second-order valence-electron chi connectivity index (χ2n) is 7.20. The molecule has 1 fully saturated rings. The fourth-order valence-corrected chi connectivity index (χ4v) is 4.79. The Morgan fingerprint density at radius 1 is 1.06 bits per heavy atom. The lowest BCUT2D eigenvalue weighted by molar-refractivity contribution is -0.117. The van der Waals surface area contributed by atoms with Crippen molar-refractivity contribution in [2.75, 3.05) is 10.2 Å². The fourth-order valence-electron chi connectivity index (χ4n) is 3.36. The van der Waals surface area contributed by atoms with Crippen LogP contribution in [0.4, 0.5) is 15.8 Å². The minimum atomic E-state index is -0.626. The molecule has 33 heavy (non-hydrogen) atoms. The smallest absolute Gasteiger partial charge is 0.269 e. The van der Waals surface area contributed by atoms with E-state index in [1.807, 2.05) is 12.1 Å². The number of para-hydroxylation sites is 1. The molecule has 1 aliphatic rings. The maximum absolute atomic E-state index is 13.4. The Morgan fingerprint density at radius 3 is 2.36 bits per heavy atom. The SMILES string of the molecule is N#C/C(C(=O)Nc1ccc(Cl)cc1)=C1\S[C@@H](Cc2ccc(F)cc2)C(=O)N1c1ccccc1. The number of halogens is 2. The van der Waals surface area contributed by atoms with Crippen LogP contribution in [-0.4, -0.2) is 17.1 Å². The number of amides is 2. The molecule has 0 saturated carbocycles. The summed E-state index contributed by atoms with van der Waals surface area (Å²) in [6, 6.07) is 23.2. The Balaban J connectivity index is 1.70. The van der Waals surface area contributed by atoms with Gasteiger partial charge in [0.1, 0.15) is 22.5 Å². The number of nitrogens with zero attached hydrogens (tertiary/aromatic N) is 2. The third kappa shape index (κ3) is 5.08. The van der Waals surface area contributed by atoms with Crippen LogP contribution in [0, 0.1) is 17.1 Å². The summed E-state index contributed by atoms with van der Waals surface area (Å²) in [7, 11) is 0. The van der Waals surface area contributed by atoms with Crippen molar-refractivity contribution in [2.45, 2.75) is 11.7 Å². The first-order chi connectivity index (χ1) is 16.0. The number of anilines is 2. The molecule has 1 N–H and O–H groups in total. The van der Waals surface area contributed by atoms with Crippen molar-refractivity contribution >= 4 is 46.6 Å². The molecule has 8 heteroatoms. The third-order valence-corrected chi connectivity index (χ3v) is 6.47. The minimum Gasteiger partial charge on any atom is -0.321 e. The topological polar surface area (TPSA) is 73.2 Å². The largest absolute Gasteiger partial charge is 0.321 e. The number of hydrogen-bond donors (Lipinski definition) is 1. The molecule has 0 aliphatic carbocycles. The quantitative estimate of drug-likeness (QED) is 0.386. The van der Waals surface area contributed by atoms with E-state index in [9.17, 15) is 19.2 Å². The Bertz CT molecular complexity index is 1260. The van der Waals surface area contributed by atoms with E-state index in [0.29, 0.717) is 22.8 Å². The molecular formula is C25H17ClFN3O2S. The molecule has 0 spiro atoms. The normalized spacial score (nSPS) is 16.9. The standard InChI is InChI=1S/C25H17ClFN3O2S/c26-17-8-12-19(13-9-17)29-23(31)21(15-28)25-30(20-4-2-1-3-5-20)24(32)22(33-25)14-16-6-10-18(27)11-7-16/h1-13,22H,14H2,(H,29,31)/b25-21+/t22-/m0/s1. The van der Waals surface area contributed by atoms with Crippen LogP contribution in [0.15, 0.2) is 89.5 Å². The molecule has 4 rings (SSSR count). The van der Waals surface area contributed by atoms with Crippen LogP contribution in [0.2, 0.25) is 5.02 Å². The first kappa shape index (κ1) is 22.6. The molecule has 1 aliphatic heterocycles. The van der Waals surface area contributed by atoms with Crippen LogP contribution < -0.4 is 10.2 Å². The van der Waals surface area contributed by atoms with Gasteiger partial charge in [-0.15, -0.1) is 0 Å². The predicted molar refractivity (Wildman–Crippen MR) is 128 cm³/mol. The molecule has 0 aromatic heterocycles. The number of nitrogens with one attached hydrogen (secondary N) is 1. The van der Waals surface area contributed by atoms with E-state index in [0.717, 1.165) is 17.3 Å². The number of thioether (sulfide) groups is 1. The first-order valence-electron chi connectivity index (χ1n) is 9.97. The summed E-state index contributed by atoms with van der Waals surface area (Å²) in [6.07, 6.45) is 0.328. The number of benzene rings is 3. The van der Waals surface area contributed by atoms with Crippen LogP contribution in [0.25, 0.3) is 0 Å². The highest BCUT2D eigenvalue weighted by Gasteiger charge is 2.40. The molecule has 1 atom stereocenters. The Labute approximate surface area is 199 Å². The van der Waals surface area contributed by atoms with Crippen molar-refractivity contribution in [1.29, 1.82) is 5.26 Å². The van der Waals surface area contributed by atoms with E-state index < -0.39 is 11.2 Å². The molecular weight excluding hydrogens is 461 g/mol. The van der Waals surface area contributed by atoms with Crippen LogP contribution >= 0.6 is 23.4 Å². The van der Waals surface area contributed by atoms with Crippen LogP contribution in [0.1, 0.15) is 5.56 Å². The van der Waals surface area contributed by atoms with Gasteiger partial charge >= 0.3 is 0 Å². The van der Waals surface area contributed by atoms with Crippen LogP contribution in [0.3, 0.4) is 0 Å². The van der Waals surface area contributed by atoms with Gasteiger partial charge in [0.15, 0.2) is 0 Å². The predicted octanol–water partition coefficient (Wildman–Crippen LogP) is 5.54. The van der Waals surface area contributed by atoms with Crippen molar-refractivity contribution in [3.8, 4) is 6.07 Å². The van der Waals surface area contributed by atoms with Crippen LogP contribution in [0.5, 0.6) is 0 Å². The minimum absolute atomic E-state index is 0.172. The van der Waals surface area contributed by atoms with Gasteiger partial charge in [-0.25, -0.2) is 4.39 Å². The zero-order valence-electron chi connectivity index (χ0n) is 17.2. The lowest BCUT2D eigenvalue weighted by Gasteiger charge is -2.18. The van der Waals surface area contributed by atoms with Crippen LogP contribution in [-0.2, 0) is 16.0 Å². The van der Waals surface area contributed by atoms with Crippen molar-refractivity contribution < 1.29 is 14.0 Å². The van der Waals surface area contributed by atoms with Gasteiger partial charge in [-0.2, -0.15) is 5.26 Å². The van der Waals surface area contributed by atoms with Gasteiger partial charge in [-0.1, -0.05) is 53.7 Å². The monoisotopic (exact) mass is 477 g/mol. The van der Waals surface area contributed by atoms with Gasteiger partial charge in [0.25, 0.3) is 5.91 Å². The number of nitriles is 1. The number of hydrogen-bond acceptors (Lipinski definition) is 4. The molecule has 0 unspecified atom stereocenters. The Hall–Kier alpha value is -3.60. The number of carbonyl (C=O) groups excluding carboxylic acids is 2. The van der Waals surface area contributed by atoms with Gasteiger partial charge in [0.2, 0.25) is 5.91 Å². The Kier molecular flexibility index (Phi) is 6.78. The second kappa shape index (κ2) is 9.90. The third-order valence-electron chi connectivity index (χ3n) is 4.96. The fraction of sp³-hybridized carbons (Fsp3) is 0.0800. The number of carbonyl (C=O) groups is 2. The zero-order chi connectivity index (χ0) is 23.4. The lowest BCUT2D eigenvalue weighted by atomic mass is 10.1. The van der Waals surface area contributed by atoms with Crippen molar-refractivity contribution in [2.24, 2.45) is 0 Å². The first-order valence-corrected chi connectivity index (χ1v) is 11.2. The van der Waals surface area contributed by atoms with Gasteiger partial charge in [-0.3, -0.25) is 14.5 Å². The summed E-state index contributed by atoms with van der Waals surface area (Å²) in [6.45, 7) is 0. The summed E-state index contributed by atoms with van der Waals surface area (Å²) in [5, 5.41) is 12.7. The van der Waals surface area contributed by atoms with E-state index in [1.54, 1.807) is 60.7 Å².